The molecular formula is C15H18N4OS. The van der Waals surface area contributed by atoms with Crippen LogP contribution >= 0.6 is 12.2 Å². The number of benzene rings is 1. The van der Waals surface area contributed by atoms with E-state index in [4.69, 9.17) is 22.7 Å². The van der Waals surface area contributed by atoms with Gasteiger partial charge in [0.15, 0.2) is 5.82 Å². The number of ether oxygens (including phenoxy) is 1. The predicted molar refractivity (Wildman–Crippen MR) is 88.0 cm³/mol. The van der Waals surface area contributed by atoms with Crippen LogP contribution in [0.4, 0.5) is 11.5 Å². The van der Waals surface area contributed by atoms with Crippen LogP contribution in [0.15, 0.2) is 36.5 Å². The van der Waals surface area contributed by atoms with Crippen molar-refractivity contribution in [1.82, 2.24) is 10.2 Å². The molecule has 1 atom stereocenters. The van der Waals surface area contributed by atoms with Crippen LogP contribution in [0.5, 0.6) is 5.75 Å². The minimum Gasteiger partial charge on any atom is -0.491 e. The van der Waals surface area contributed by atoms with Gasteiger partial charge in [-0.1, -0.05) is 25.2 Å². The molecule has 6 heteroatoms. The molecule has 3 N–H and O–H groups in total. The lowest BCUT2D eigenvalue weighted by Gasteiger charge is -2.14. The van der Waals surface area contributed by atoms with Crippen LogP contribution in [0.25, 0.3) is 0 Å². The summed E-state index contributed by atoms with van der Waals surface area (Å²) >= 11 is 5.01. The molecule has 0 spiro atoms. The summed E-state index contributed by atoms with van der Waals surface area (Å²) < 4.78 is 5.79. The Morgan fingerprint density at radius 3 is 2.95 bits per heavy atom. The van der Waals surface area contributed by atoms with Crippen molar-refractivity contribution >= 4 is 28.7 Å². The molecule has 0 saturated carbocycles. The molecule has 1 unspecified atom stereocenters. The van der Waals surface area contributed by atoms with E-state index in [-0.39, 0.29) is 11.1 Å². The van der Waals surface area contributed by atoms with Crippen molar-refractivity contribution in [2.24, 2.45) is 5.73 Å². The Labute approximate surface area is 129 Å². The first-order chi connectivity index (χ1) is 10.1. The number of anilines is 2. The highest BCUT2D eigenvalue weighted by molar-refractivity contribution is 7.80. The maximum Gasteiger partial charge on any atom is 0.163 e. The average Bonchev–Trinajstić information content (AvgIpc) is 2.48. The lowest BCUT2D eigenvalue weighted by molar-refractivity contribution is 0.217. The first kappa shape index (κ1) is 15.2. The summed E-state index contributed by atoms with van der Waals surface area (Å²) in [6.07, 6.45) is 2.68. The van der Waals surface area contributed by atoms with E-state index in [0.29, 0.717) is 11.4 Å². The van der Waals surface area contributed by atoms with Crippen molar-refractivity contribution < 1.29 is 4.74 Å². The van der Waals surface area contributed by atoms with E-state index in [2.05, 4.69) is 22.4 Å². The molecule has 1 heterocycles. The summed E-state index contributed by atoms with van der Waals surface area (Å²) in [5.41, 5.74) is 7.18. The third kappa shape index (κ3) is 4.13. The lowest BCUT2D eigenvalue weighted by Crippen LogP contribution is -2.13. The Kier molecular flexibility index (Phi) is 5.05. The van der Waals surface area contributed by atoms with Gasteiger partial charge in [0, 0.05) is 11.8 Å². The lowest BCUT2D eigenvalue weighted by atomic mass is 10.2. The van der Waals surface area contributed by atoms with Gasteiger partial charge < -0.3 is 15.8 Å². The van der Waals surface area contributed by atoms with E-state index in [1.807, 2.05) is 31.2 Å². The van der Waals surface area contributed by atoms with Crippen molar-refractivity contribution in [3.8, 4) is 5.75 Å². The van der Waals surface area contributed by atoms with Crippen LogP contribution in [-0.2, 0) is 0 Å². The second-order valence-corrected chi connectivity index (χ2v) is 5.09. The van der Waals surface area contributed by atoms with Crippen LogP contribution < -0.4 is 15.8 Å². The monoisotopic (exact) mass is 302 g/mol. The molecule has 0 bridgehead atoms. The summed E-state index contributed by atoms with van der Waals surface area (Å²) in [7, 11) is 0. The number of nitrogens with one attached hydrogen (secondary N) is 1. The van der Waals surface area contributed by atoms with Crippen LogP contribution in [-0.4, -0.2) is 21.3 Å². The number of hydrogen-bond donors (Lipinski definition) is 2. The van der Waals surface area contributed by atoms with E-state index < -0.39 is 0 Å². The van der Waals surface area contributed by atoms with Crippen molar-refractivity contribution in [1.29, 1.82) is 0 Å². The SMILES string of the molecule is CCC(C)Oc1cccc(Nc2nnccc2C(N)=S)c1. The fraction of sp³-hybridized carbons (Fsp3) is 0.267. The highest BCUT2D eigenvalue weighted by Crippen LogP contribution is 2.23. The van der Waals surface area contributed by atoms with E-state index in [9.17, 15) is 0 Å². The van der Waals surface area contributed by atoms with E-state index in [1.165, 1.54) is 0 Å². The minimum absolute atomic E-state index is 0.170. The fourth-order valence-electron chi connectivity index (χ4n) is 1.72. The Morgan fingerprint density at radius 2 is 2.24 bits per heavy atom. The summed E-state index contributed by atoms with van der Waals surface area (Å²) in [5, 5.41) is 11.0. The topological polar surface area (TPSA) is 73.1 Å². The molecule has 0 aliphatic carbocycles. The molecule has 0 aliphatic heterocycles. The number of nitrogens with two attached hydrogens (primary N) is 1. The molecule has 110 valence electrons. The number of rotatable bonds is 6. The maximum absolute atomic E-state index is 5.79. The summed E-state index contributed by atoms with van der Waals surface area (Å²) in [6, 6.07) is 9.39. The van der Waals surface area contributed by atoms with E-state index >= 15 is 0 Å². The summed E-state index contributed by atoms with van der Waals surface area (Å²) in [5.74, 6) is 1.33. The third-order valence-electron chi connectivity index (χ3n) is 3.00. The number of aromatic nitrogens is 2. The Bertz CT molecular complexity index is 633. The average molecular weight is 302 g/mol. The molecule has 0 aliphatic rings. The predicted octanol–water partition coefficient (Wildman–Crippen LogP) is 3.03. The van der Waals surface area contributed by atoms with Crippen molar-refractivity contribution in [2.75, 3.05) is 5.32 Å². The minimum atomic E-state index is 0.170. The molecule has 21 heavy (non-hydrogen) atoms. The molecular weight excluding hydrogens is 284 g/mol. The smallest absolute Gasteiger partial charge is 0.163 e. The fourth-order valence-corrected chi connectivity index (χ4v) is 1.89. The first-order valence-corrected chi connectivity index (χ1v) is 7.16. The second-order valence-electron chi connectivity index (χ2n) is 4.65. The van der Waals surface area contributed by atoms with Crippen LogP contribution in [0, 0.1) is 0 Å². The Balaban J connectivity index is 2.20. The van der Waals surface area contributed by atoms with Crippen LogP contribution in [0.3, 0.4) is 0 Å². The quantitative estimate of drug-likeness (QED) is 0.799. The van der Waals surface area contributed by atoms with Gasteiger partial charge in [0.05, 0.1) is 17.9 Å². The van der Waals surface area contributed by atoms with Crippen molar-refractivity contribution in [2.45, 2.75) is 26.4 Å². The van der Waals surface area contributed by atoms with Crippen LogP contribution in [0.1, 0.15) is 25.8 Å². The van der Waals surface area contributed by atoms with Gasteiger partial charge in [0.1, 0.15) is 10.7 Å². The molecule has 0 amide bonds. The molecule has 1 aromatic heterocycles. The second kappa shape index (κ2) is 6.99. The van der Waals surface area contributed by atoms with Gasteiger partial charge in [-0.05, 0) is 31.5 Å². The Morgan fingerprint density at radius 1 is 1.43 bits per heavy atom. The molecule has 0 fully saturated rings. The molecule has 0 radical (unpaired) electrons. The number of thiocarbonyl (C=S) groups is 1. The highest BCUT2D eigenvalue weighted by atomic mass is 32.1. The normalized spacial score (nSPS) is 11.7. The van der Waals surface area contributed by atoms with E-state index in [1.54, 1.807) is 12.3 Å². The molecule has 2 rings (SSSR count). The zero-order valence-corrected chi connectivity index (χ0v) is 12.9. The molecule has 5 nitrogen and oxygen atoms in total. The number of hydrogen-bond acceptors (Lipinski definition) is 5. The molecule has 1 aromatic carbocycles. The van der Waals surface area contributed by atoms with Gasteiger partial charge in [0.2, 0.25) is 0 Å². The van der Waals surface area contributed by atoms with Gasteiger partial charge in [0.25, 0.3) is 0 Å². The zero-order valence-electron chi connectivity index (χ0n) is 12.0. The van der Waals surface area contributed by atoms with Gasteiger partial charge in [-0.2, -0.15) is 5.10 Å². The van der Waals surface area contributed by atoms with Crippen LogP contribution in [0.2, 0.25) is 0 Å². The van der Waals surface area contributed by atoms with Gasteiger partial charge >= 0.3 is 0 Å². The van der Waals surface area contributed by atoms with Gasteiger partial charge in [-0.15, -0.1) is 5.10 Å². The van der Waals surface area contributed by atoms with E-state index in [0.717, 1.165) is 17.9 Å². The molecule has 0 saturated heterocycles. The number of nitrogens with zero attached hydrogens (tertiary/aromatic N) is 2. The van der Waals surface area contributed by atoms with Gasteiger partial charge in [-0.25, -0.2) is 0 Å². The van der Waals surface area contributed by atoms with Crippen molar-refractivity contribution in [3.63, 3.8) is 0 Å². The standard InChI is InChI=1S/C15H18N4OS/c1-3-10(2)20-12-6-4-5-11(9-12)18-15-13(14(16)21)7-8-17-19-15/h4-10H,3H2,1-2H3,(H2,16,21)(H,18,19). The summed E-state index contributed by atoms with van der Waals surface area (Å²) in [4.78, 5) is 0.277. The van der Waals surface area contributed by atoms with Crippen molar-refractivity contribution in [3.05, 3.63) is 42.1 Å². The summed E-state index contributed by atoms with van der Waals surface area (Å²) in [6.45, 7) is 4.12. The zero-order chi connectivity index (χ0) is 15.2. The highest BCUT2D eigenvalue weighted by Gasteiger charge is 2.08. The maximum atomic E-state index is 5.79. The first-order valence-electron chi connectivity index (χ1n) is 6.75. The largest absolute Gasteiger partial charge is 0.491 e. The molecule has 2 aromatic rings. The third-order valence-corrected chi connectivity index (χ3v) is 3.22. The Hall–Kier alpha value is -2.21. The van der Waals surface area contributed by atoms with Gasteiger partial charge in [-0.3, -0.25) is 0 Å².